The lowest BCUT2D eigenvalue weighted by Gasteiger charge is -2.22. The molecule has 2 rings (SSSR count). The molecule has 106 valence electrons. The van der Waals surface area contributed by atoms with Crippen LogP contribution < -0.4 is 11.1 Å². The summed E-state index contributed by atoms with van der Waals surface area (Å²) in [5.41, 5.74) is 5.08. The third-order valence-corrected chi connectivity index (χ3v) is 4.33. The Morgan fingerprint density at radius 1 is 1.37 bits per heavy atom. The number of fused-ring (bicyclic) bond motifs is 1. The van der Waals surface area contributed by atoms with Gasteiger partial charge >= 0.3 is 0 Å². The van der Waals surface area contributed by atoms with Crippen LogP contribution in [0.2, 0.25) is 0 Å². The van der Waals surface area contributed by atoms with Crippen molar-refractivity contribution in [2.45, 2.75) is 33.2 Å². The van der Waals surface area contributed by atoms with Crippen molar-refractivity contribution in [2.75, 3.05) is 13.1 Å². The molecule has 19 heavy (non-hydrogen) atoms. The van der Waals surface area contributed by atoms with Crippen molar-refractivity contribution in [3.8, 4) is 0 Å². The molecule has 1 aliphatic carbocycles. The van der Waals surface area contributed by atoms with Gasteiger partial charge in [0, 0.05) is 6.54 Å². The maximum atomic E-state index is 12.1. The molecule has 0 aromatic rings. The maximum absolute atomic E-state index is 12.1. The summed E-state index contributed by atoms with van der Waals surface area (Å²) in [6, 6.07) is -0.490. The van der Waals surface area contributed by atoms with E-state index < -0.39 is 11.9 Å². The van der Waals surface area contributed by atoms with Crippen molar-refractivity contribution >= 4 is 17.7 Å². The molecular formula is C13H21N3O3. The Morgan fingerprint density at radius 2 is 1.89 bits per heavy atom. The van der Waals surface area contributed by atoms with Gasteiger partial charge in [-0.3, -0.25) is 19.3 Å². The summed E-state index contributed by atoms with van der Waals surface area (Å²) in [6.45, 7) is 6.65. The van der Waals surface area contributed by atoms with Gasteiger partial charge in [0.05, 0.1) is 17.9 Å². The zero-order valence-electron chi connectivity index (χ0n) is 11.6. The topological polar surface area (TPSA) is 92.5 Å². The Kier molecular flexibility index (Phi) is 3.38. The normalized spacial score (nSPS) is 29.3. The SMILES string of the molecule is CCNC(CCN1C(=O)C2C(C1=O)C2(C)C)C(N)=O. The first kappa shape index (κ1) is 14.0. The number of carbonyl (C=O) groups excluding carboxylic acids is 3. The van der Waals surface area contributed by atoms with E-state index in [1.165, 1.54) is 4.90 Å². The first-order chi connectivity index (χ1) is 8.82. The maximum Gasteiger partial charge on any atom is 0.234 e. The van der Waals surface area contributed by atoms with E-state index in [0.717, 1.165) is 0 Å². The van der Waals surface area contributed by atoms with Crippen LogP contribution in [-0.2, 0) is 14.4 Å². The average molecular weight is 267 g/mol. The predicted molar refractivity (Wildman–Crippen MR) is 68.8 cm³/mol. The van der Waals surface area contributed by atoms with Crippen molar-refractivity contribution < 1.29 is 14.4 Å². The fourth-order valence-corrected chi connectivity index (χ4v) is 3.07. The van der Waals surface area contributed by atoms with E-state index in [9.17, 15) is 14.4 Å². The molecule has 0 aromatic heterocycles. The quantitative estimate of drug-likeness (QED) is 0.633. The number of hydrogen-bond donors (Lipinski definition) is 2. The highest BCUT2D eigenvalue weighted by Crippen LogP contribution is 2.63. The van der Waals surface area contributed by atoms with Gasteiger partial charge in [0.2, 0.25) is 17.7 Å². The van der Waals surface area contributed by atoms with Crippen LogP contribution in [0.4, 0.5) is 0 Å². The van der Waals surface area contributed by atoms with Crippen LogP contribution in [0.1, 0.15) is 27.2 Å². The Labute approximate surface area is 112 Å². The van der Waals surface area contributed by atoms with Gasteiger partial charge in [-0.1, -0.05) is 20.8 Å². The van der Waals surface area contributed by atoms with Gasteiger partial charge < -0.3 is 11.1 Å². The minimum atomic E-state index is -0.490. The molecule has 2 aliphatic rings. The molecule has 0 aromatic carbocycles. The number of piperidine rings is 1. The number of amides is 3. The van der Waals surface area contributed by atoms with E-state index in [4.69, 9.17) is 5.73 Å². The van der Waals surface area contributed by atoms with E-state index in [1.54, 1.807) is 0 Å². The second-order valence-electron chi connectivity index (χ2n) is 5.91. The Bertz CT molecular complexity index is 409. The Balaban J connectivity index is 1.93. The van der Waals surface area contributed by atoms with Gasteiger partial charge in [-0.2, -0.15) is 0 Å². The summed E-state index contributed by atoms with van der Waals surface area (Å²) >= 11 is 0. The van der Waals surface area contributed by atoms with Gasteiger partial charge in [-0.25, -0.2) is 0 Å². The molecule has 1 saturated carbocycles. The monoisotopic (exact) mass is 267 g/mol. The van der Waals surface area contributed by atoms with Crippen LogP contribution in [0.15, 0.2) is 0 Å². The van der Waals surface area contributed by atoms with Crippen molar-refractivity contribution in [3.63, 3.8) is 0 Å². The molecule has 1 heterocycles. The molecule has 0 bridgehead atoms. The number of nitrogens with one attached hydrogen (secondary N) is 1. The predicted octanol–water partition coefficient (Wildman–Crippen LogP) is -0.519. The highest BCUT2D eigenvalue weighted by molar-refractivity contribution is 6.10. The van der Waals surface area contributed by atoms with Gasteiger partial charge in [-0.05, 0) is 18.4 Å². The van der Waals surface area contributed by atoms with Gasteiger partial charge in [-0.15, -0.1) is 0 Å². The molecule has 6 heteroatoms. The molecular weight excluding hydrogens is 246 g/mol. The zero-order chi connectivity index (χ0) is 14.4. The van der Waals surface area contributed by atoms with Gasteiger partial charge in [0.25, 0.3) is 0 Å². The second-order valence-corrected chi connectivity index (χ2v) is 5.91. The standard InChI is InChI=1S/C13H21N3O3/c1-4-15-7(10(14)17)5-6-16-11(18)8-9(12(16)19)13(8,2)3/h7-9,15H,4-6H2,1-3H3,(H2,14,17). The lowest BCUT2D eigenvalue weighted by atomic mass is 10.1. The minimum absolute atomic E-state index is 0.0975. The molecule has 3 N–H and O–H groups in total. The van der Waals surface area contributed by atoms with E-state index in [2.05, 4.69) is 5.32 Å². The van der Waals surface area contributed by atoms with Crippen LogP contribution in [-0.4, -0.2) is 41.8 Å². The molecule has 3 unspecified atom stereocenters. The van der Waals surface area contributed by atoms with Crippen LogP contribution in [0, 0.1) is 17.3 Å². The fraction of sp³-hybridized carbons (Fsp3) is 0.769. The van der Waals surface area contributed by atoms with Crippen LogP contribution in [0.5, 0.6) is 0 Å². The minimum Gasteiger partial charge on any atom is -0.368 e. The van der Waals surface area contributed by atoms with Crippen LogP contribution in [0.3, 0.4) is 0 Å². The van der Waals surface area contributed by atoms with Gasteiger partial charge in [0.1, 0.15) is 0 Å². The summed E-state index contributed by atoms with van der Waals surface area (Å²) < 4.78 is 0. The number of hydrogen-bond acceptors (Lipinski definition) is 4. The lowest BCUT2D eigenvalue weighted by Crippen LogP contribution is -2.45. The highest BCUT2D eigenvalue weighted by atomic mass is 16.2. The fourth-order valence-electron chi connectivity index (χ4n) is 3.07. The molecule has 1 aliphatic heterocycles. The number of rotatable bonds is 6. The number of likely N-dealkylation sites (N-methyl/N-ethyl adjacent to an activating group) is 1. The third-order valence-electron chi connectivity index (χ3n) is 4.33. The van der Waals surface area contributed by atoms with Crippen molar-refractivity contribution in [1.82, 2.24) is 10.2 Å². The third kappa shape index (κ3) is 2.14. The molecule has 3 atom stereocenters. The summed E-state index contributed by atoms with van der Waals surface area (Å²) in [6.07, 6.45) is 0.376. The van der Waals surface area contributed by atoms with Crippen LogP contribution in [0.25, 0.3) is 0 Å². The molecule has 2 fully saturated rings. The average Bonchev–Trinajstić information content (AvgIpc) is 2.78. The largest absolute Gasteiger partial charge is 0.368 e. The summed E-state index contributed by atoms with van der Waals surface area (Å²) in [7, 11) is 0. The number of carbonyl (C=O) groups is 3. The second kappa shape index (κ2) is 4.59. The Morgan fingerprint density at radius 3 is 2.32 bits per heavy atom. The smallest absolute Gasteiger partial charge is 0.234 e. The van der Waals surface area contributed by atoms with Crippen molar-refractivity contribution in [3.05, 3.63) is 0 Å². The first-order valence-electron chi connectivity index (χ1n) is 6.70. The zero-order valence-corrected chi connectivity index (χ0v) is 11.6. The molecule has 0 spiro atoms. The first-order valence-corrected chi connectivity index (χ1v) is 6.70. The molecule has 0 radical (unpaired) electrons. The van der Waals surface area contributed by atoms with Crippen LogP contribution >= 0.6 is 0 Å². The van der Waals surface area contributed by atoms with E-state index in [-0.39, 0.29) is 35.6 Å². The Hall–Kier alpha value is -1.43. The molecule has 6 nitrogen and oxygen atoms in total. The lowest BCUT2D eigenvalue weighted by molar-refractivity contribution is -0.143. The summed E-state index contributed by atoms with van der Waals surface area (Å²) in [5.74, 6) is -0.969. The number of nitrogens with zero attached hydrogens (tertiary/aromatic N) is 1. The van der Waals surface area contributed by atoms with E-state index >= 15 is 0 Å². The summed E-state index contributed by atoms with van der Waals surface area (Å²) in [4.78, 5) is 36.7. The highest BCUT2D eigenvalue weighted by Gasteiger charge is 2.72. The van der Waals surface area contributed by atoms with E-state index in [0.29, 0.717) is 13.0 Å². The summed E-state index contributed by atoms with van der Waals surface area (Å²) in [5, 5.41) is 2.95. The molecule has 1 saturated heterocycles. The molecule has 3 amide bonds. The van der Waals surface area contributed by atoms with Gasteiger partial charge in [0.15, 0.2) is 0 Å². The number of likely N-dealkylation sites (tertiary alicyclic amines) is 1. The van der Waals surface area contributed by atoms with Crippen molar-refractivity contribution in [1.29, 1.82) is 0 Å². The number of primary amides is 1. The van der Waals surface area contributed by atoms with E-state index in [1.807, 2.05) is 20.8 Å². The number of nitrogens with two attached hydrogens (primary N) is 1. The van der Waals surface area contributed by atoms with Crippen molar-refractivity contribution in [2.24, 2.45) is 23.0 Å². The number of imide groups is 1.